The van der Waals surface area contributed by atoms with E-state index in [9.17, 15) is 9.59 Å². The number of carbonyl (C=O) groups is 2. The summed E-state index contributed by atoms with van der Waals surface area (Å²) in [5.74, 6) is -0.267. The van der Waals surface area contributed by atoms with Crippen molar-refractivity contribution in [3.05, 3.63) is 35.9 Å². The van der Waals surface area contributed by atoms with Crippen LogP contribution in [0.25, 0.3) is 0 Å². The number of carbonyl (C=O) groups excluding carboxylic acids is 2. The van der Waals surface area contributed by atoms with Gasteiger partial charge in [0.1, 0.15) is 0 Å². The lowest BCUT2D eigenvalue weighted by molar-refractivity contribution is -0.123. The minimum atomic E-state index is -0.369. The zero-order chi connectivity index (χ0) is 16.6. The van der Waals surface area contributed by atoms with Crippen molar-refractivity contribution < 1.29 is 9.59 Å². The summed E-state index contributed by atoms with van der Waals surface area (Å²) in [4.78, 5) is 23.5. The smallest absolute Gasteiger partial charge is 0.222 e. The first-order valence-corrected chi connectivity index (χ1v) is 7.78. The molecule has 0 aliphatic heterocycles. The van der Waals surface area contributed by atoms with Gasteiger partial charge < -0.3 is 16.4 Å². The van der Waals surface area contributed by atoms with Crippen LogP contribution in [0.4, 0.5) is 0 Å². The normalized spacial score (nSPS) is 12.0. The Morgan fingerprint density at radius 3 is 2.22 bits per heavy atom. The predicted molar refractivity (Wildman–Crippen MR) is 95.4 cm³/mol. The summed E-state index contributed by atoms with van der Waals surface area (Å²) in [6, 6.07) is 9.16. The molecule has 130 valence electrons. The third kappa shape index (κ3) is 7.48. The highest BCUT2D eigenvalue weighted by atomic mass is 35.5. The number of halogens is 1. The summed E-state index contributed by atoms with van der Waals surface area (Å²) in [7, 11) is 0. The van der Waals surface area contributed by atoms with Gasteiger partial charge in [-0.15, -0.1) is 12.4 Å². The zero-order valence-electron chi connectivity index (χ0n) is 14.1. The summed E-state index contributed by atoms with van der Waals surface area (Å²) >= 11 is 0. The molecule has 0 bridgehead atoms. The van der Waals surface area contributed by atoms with E-state index in [0.717, 1.165) is 18.4 Å². The highest BCUT2D eigenvalue weighted by Crippen LogP contribution is 2.17. The van der Waals surface area contributed by atoms with Crippen LogP contribution in [0.1, 0.15) is 51.6 Å². The van der Waals surface area contributed by atoms with Gasteiger partial charge in [-0.2, -0.15) is 0 Å². The molecule has 0 spiro atoms. The molecule has 1 atom stereocenters. The molecule has 0 heterocycles. The lowest BCUT2D eigenvalue weighted by Crippen LogP contribution is -2.49. The van der Waals surface area contributed by atoms with Crippen LogP contribution in [0, 0.1) is 0 Å². The Bertz CT molecular complexity index is 490. The topological polar surface area (TPSA) is 84.2 Å². The van der Waals surface area contributed by atoms with Crippen LogP contribution in [-0.2, 0) is 9.59 Å². The second-order valence-corrected chi connectivity index (χ2v) is 5.71. The first-order chi connectivity index (χ1) is 10.4. The van der Waals surface area contributed by atoms with Gasteiger partial charge in [-0.1, -0.05) is 44.2 Å². The van der Waals surface area contributed by atoms with E-state index >= 15 is 0 Å². The van der Waals surface area contributed by atoms with Crippen molar-refractivity contribution in [3.63, 3.8) is 0 Å². The molecule has 4 N–H and O–H groups in total. The third-order valence-electron chi connectivity index (χ3n) is 4.01. The molecule has 0 radical (unpaired) electrons. The van der Waals surface area contributed by atoms with E-state index in [0.29, 0.717) is 6.54 Å². The minimum Gasteiger partial charge on any atom is -0.354 e. The standard InChI is InChI=1S/C17H27N3O2.ClH/c1-4-17(18,5-2)12-19-16(22)11-15(20-13(3)21)14-9-7-6-8-10-14;/h6-10,15H,4-5,11-12,18H2,1-3H3,(H,19,22)(H,20,21);1H. The van der Waals surface area contributed by atoms with Gasteiger partial charge in [-0.3, -0.25) is 9.59 Å². The summed E-state index contributed by atoms with van der Waals surface area (Å²) in [5, 5.41) is 5.70. The maximum atomic E-state index is 12.2. The van der Waals surface area contributed by atoms with Gasteiger partial charge in [0.25, 0.3) is 0 Å². The summed E-state index contributed by atoms with van der Waals surface area (Å²) in [6.07, 6.45) is 1.81. The molecule has 23 heavy (non-hydrogen) atoms. The van der Waals surface area contributed by atoms with Crippen LogP contribution in [-0.4, -0.2) is 23.9 Å². The van der Waals surface area contributed by atoms with Crippen molar-refractivity contribution in [1.82, 2.24) is 10.6 Å². The zero-order valence-corrected chi connectivity index (χ0v) is 14.9. The molecule has 2 amide bonds. The van der Waals surface area contributed by atoms with Gasteiger partial charge in [0.05, 0.1) is 12.5 Å². The maximum Gasteiger partial charge on any atom is 0.222 e. The Hall–Kier alpha value is -1.59. The van der Waals surface area contributed by atoms with Crippen molar-refractivity contribution in [1.29, 1.82) is 0 Å². The van der Waals surface area contributed by atoms with Crippen molar-refractivity contribution in [3.8, 4) is 0 Å². The monoisotopic (exact) mass is 341 g/mol. The fourth-order valence-electron chi connectivity index (χ4n) is 2.22. The SMILES string of the molecule is CCC(N)(CC)CNC(=O)CC(NC(C)=O)c1ccccc1.Cl. The Morgan fingerprint density at radius 2 is 1.74 bits per heavy atom. The van der Waals surface area contributed by atoms with E-state index in [2.05, 4.69) is 10.6 Å². The summed E-state index contributed by atoms with van der Waals surface area (Å²) < 4.78 is 0. The molecule has 1 unspecified atom stereocenters. The summed E-state index contributed by atoms with van der Waals surface area (Å²) in [6.45, 7) is 5.92. The number of benzene rings is 1. The molecule has 0 saturated heterocycles. The second kappa shape index (κ2) is 10.2. The van der Waals surface area contributed by atoms with E-state index in [1.807, 2.05) is 44.2 Å². The van der Waals surface area contributed by atoms with Crippen molar-refractivity contribution in [2.45, 2.75) is 51.6 Å². The number of amides is 2. The van der Waals surface area contributed by atoms with Gasteiger partial charge >= 0.3 is 0 Å². The van der Waals surface area contributed by atoms with Gasteiger partial charge in [0.15, 0.2) is 0 Å². The Morgan fingerprint density at radius 1 is 1.17 bits per heavy atom. The van der Waals surface area contributed by atoms with Crippen LogP contribution in [0.15, 0.2) is 30.3 Å². The fourth-order valence-corrected chi connectivity index (χ4v) is 2.22. The average molecular weight is 342 g/mol. The molecule has 0 saturated carbocycles. The third-order valence-corrected chi connectivity index (χ3v) is 4.01. The van der Waals surface area contributed by atoms with Crippen molar-refractivity contribution in [2.75, 3.05) is 6.54 Å². The van der Waals surface area contributed by atoms with E-state index in [1.165, 1.54) is 6.92 Å². The number of hydrogen-bond donors (Lipinski definition) is 3. The molecule has 5 nitrogen and oxygen atoms in total. The summed E-state index contributed by atoms with van der Waals surface area (Å²) in [5.41, 5.74) is 6.73. The van der Waals surface area contributed by atoms with Crippen LogP contribution in [0.2, 0.25) is 0 Å². The molecule has 1 aromatic rings. The van der Waals surface area contributed by atoms with Crippen molar-refractivity contribution >= 4 is 24.2 Å². The fraction of sp³-hybridized carbons (Fsp3) is 0.529. The van der Waals surface area contributed by atoms with Gasteiger partial charge in [0.2, 0.25) is 11.8 Å². The van der Waals surface area contributed by atoms with Gasteiger partial charge in [-0.05, 0) is 18.4 Å². The molecular formula is C17H28ClN3O2. The van der Waals surface area contributed by atoms with Crippen LogP contribution in [0.5, 0.6) is 0 Å². The Kier molecular flexibility index (Phi) is 9.53. The van der Waals surface area contributed by atoms with Crippen LogP contribution >= 0.6 is 12.4 Å². The molecule has 0 aliphatic rings. The first-order valence-electron chi connectivity index (χ1n) is 7.78. The minimum absolute atomic E-state index is 0. The second-order valence-electron chi connectivity index (χ2n) is 5.71. The first kappa shape index (κ1) is 21.4. The lowest BCUT2D eigenvalue weighted by Gasteiger charge is -2.27. The number of nitrogens with one attached hydrogen (secondary N) is 2. The molecule has 6 heteroatoms. The van der Waals surface area contributed by atoms with E-state index < -0.39 is 0 Å². The molecule has 1 aromatic carbocycles. The molecular weight excluding hydrogens is 314 g/mol. The van der Waals surface area contributed by atoms with Crippen LogP contribution < -0.4 is 16.4 Å². The maximum absolute atomic E-state index is 12.2. The predicted octanol–water partition coefficient (Wildman–Crippen LogP) is 2.31. The van der Waals surface area contributed by atoms with E-state index in [1.54, 1.807) is 0 Å². The Balaban J connectivity index is 0.00000484. The molecule has 0 aromatic heterocycles. The number of rotatable bonds is 8. The van der Waals surface area contributed by atoms with Crippen LogP contribution in [0.3, 0.4) is 0 Å². The highest BCUT2D eigenvalue weighted by Gasteiger charge is 2.22. The van der Waals surface area contributed by atoms with E-state index in [4.69, 9.17) is 5.73 Å². The van der Waals surface area contributed by atoms with Gasteiger partial charge in [-0.25, -0.2) is 0 Å². The average Bonchev–Trinajstić information content (AvgIpc) is 2.52. The molecule has 1 rings (SSSR count). The number of hydrogen-bond acceptors (Lipinski definition) is 3. The van der Waals surface area contributed by atoms with Gasteiger partial charge in [0, 0.05) is 19.0 Å². The van der Waals surface area contributed by atoms with Crippen molar-refractivity contribution in [2.24, 2.45) is 5.73 Å². The molecule has 0 aliphatic carbocycles. The number of nitrogens with two attached hydrogens (primary N) is 1. The Labute approximate surface area is 144 Å². The quantitative estimate of drug-likeness (QED) is 0.678. The molecule has 0 fully saturated rings. The highest BCUT2D eigenvalue weighted by molar-refractivity contribution is 5.85. The lowest BCUT2D eigenvalue weighted by atomic mass is 9.94. The van der Waals surface area contributed by atoms with E-state index in [-0.39, 0.29) is 42.2 Å². The largest absolute Gasteiger partial charge is 0.354 e.